The van der Waals surface area contributed by atoms with Gasteiger partial charge in [0.1, 0.15) is 5.75 Å². The lowest BCUT2D eigenvalue weighted by Gasteiger charge is -2.12. The van der Waals surface area contributed by atoms with Crippen LogP contribution >= 0.6 is 11.6 Å². The summed E-state index contributed by atoms with van der Waals surface area (Å²) in [4.78, 5) is 11.5. The van der Waals surface area contributed by atoms with Crippen LogP contribution in [0.4, 0.5) is 5.69 Å². The number of benzene rings is 2. The highest BCUT2D eigenvalue weighted by Crippen LogP contribution is 2.27. The van der Waals surface area contributed by atoms with E-state index in [-0.39, 0.29) is 5.91 Å². The lowest BCUT2D eigenvalue weighted by molar-refractivity contribution is 0.0963. The van der Waals surface area contributed by atoms with Gasteiger partial charge in [-0.15, -0.1) is 0 Å². The van der Waals surface area contributed by atoms with Crippen molar-refractivity contribution in [3.05, 3.63) is 58.6 Å². The number of carbonyl (C=O) groups is 1. The molecular weight excluding hydrogens is 288 g/mol. The molecule has 0 bridgehead atoms. The molecule has 0 aliphatic carbocycles. The summed E-state index contributed by atoms with van der Waals surface area (Å²) in [6.07, 6.45) is 0. The first-order valence-corrected chi connectivity index (χ1v) is 6.91. The molecular formula is C16H17ClN2O2. The maximum atomic E-state index is 11.5. The van der Waals surface area contributed by atoms with Crippen molar-refractivity contribution in [1.82, 2.24) is 5.32 Å². The number of rotatable bonds is 5. The van der Waals surface area contributed by atoms with Crippen LogP contribution in [0.2, 0.25) is 5.02 Å². The van der Waals surface area contributed by atoms with E-state index < -0.39 is 0 Å². The van der Waals surface area contributed by atoms with Crippen molar-refractivity contribution in [3.63, 3.8) is 0 Å². The Balaban J connectivity index is 2.08. The SMILES string of the molecule is CNC(=O)c1ccc(NCc2c(Cl)cccc2OC)cc1. The van der Waals surface area contributed by atoms with Crippen LogP contribution in [0.5, 0.6) is 5.75 Å². The predicted molar refractivity (Wildman–Crippen MR) is 85.2 cm³/mol. The Kier molecular flexibility index (Phi) is 5.06. The van der Waals surface area contributed by atoms with Gasteiger partial charge < -0.3 is 15.4 Å². The summed E-state index contributed by atoms with van der Waals surface area (Å²) >= 11 is 6.19. The van der Waals surface area contributed by atoms with E-state index in [1.54, 1.807) is 26.3 Å². The summed E-state index contributed by atoms with van der Waals surface area (Å²) in [5, 5.41) is 6.51. The standard InChI is InChI=1S/C16H17ClN2O2/c1-18-16(20)11-6-8-12(9-7-11)19-10-13-14(17)4-3-5-15(13)21-2/h3-9,19H,10H2,1-2H3,(H,18,20). The average Bonchev–Trinajstić information content (AvgIpc) is 2.53. The largest absolute Gasteiger partial charge is 0.496 e. The molecule has 2 aromatic rings. The van der Waals surface area contributed by atoms with Crippen LogP contribution in [-0.2, 0) is 6.54 Å². The van der Waals surface area contributed by atoms with Gasteiger partial charge >= 0.3 is 0 Å². The lowest BCUT2D eigenvalue weighted by Crippen LogP contribution is -2.17. The third kappa shape index (κ3) is 3.67. The summed E-state index contributed by atoms with van der Waals surface area (Å²) in [6, 6.07) is 12.8. The molecule has 1 amide bonds. The van der Waals surface area contributed by atoms with Gasteiger partial charge in [0.15, 0.2) is 0 Å². The first kappa shape index (κ1) is 15.2. The minimum Gasteiger partial charge on any atom is -0.496 e. The van der Waals surface area contributed by atoms with Crippen LogP contribution in [0.15, 0.2) is 42.5 Å². The summed E-state index contributed by atoms with van der Waals surface area (Å²) in [6.45, 7) is 0.544. The van der Waals surface area contributed by atoms with Crippen molar-refractivity contribution in [2.45, 2.75) is 6.54 Å². The van der Waals surface area contributed by atoms with E-state index in [1.807, 2.05) is 30.3 Å². The number of anilines is 1. The quantitative estimate of drug-likeness (QED) is 0.891. The van der Waals surface area contributed by atoms with Gasteiger partial charge in [-0.3, -0.25) is 4.79 Å². The van der Waals surface area contributed by atoms with Crippen LogP contribution in [0.1, 0.15) is 15.9 Å². The molecule has 0 aliphatic heterocycles. The first-order chi connectivity index (χ1) is 10.2. The second-order valence-electron chi connectivity index (χ2n) is 4.43. The third-order valence-corrected chi connectivity index (χ3v) is 3.49. The fourth-order valence-corrected chi connectivity index (χ4v) is 2.21. The Labute approximate surface area is 129 Å². The summed E-state index contributed by atoms with van der Waals surface area (Å²) in [7, 11) is 3.23. The van der Waals surface area contributed by atoms with E-state index in [4.69, 9.17) is 16.3 Å². The van der Waals surface area contributed by atoms with Crippen molar-refractivity contribution >= 4 is 23.2 Å². The molecule has 5 heteroatoms. The molecule has 0 aromatic heterocycles. The highest BCUT2D eigenvalue weighted by Gasteiger charge is 2.07. The second kappa shape index (κ2) is 6.99. The van der Waals surface area contributed by atoms with Crippen LogP contribution < -0.4 is 15.4 Å². The molecule has 0 aliphatic rings. The zero-order valence-electron chi connectivity index (χ0n) is 11.9. The molecule has 0 saturated heterocycles. The highest BCUT2D eigenvalue weighted by molar-refractivity contribution is 6.31. The molecule has 110 valence electrons. The van der Waals surface area contributed by atoms with E-state index in [0.717, 1.165) is 17.0 Å². The van der Waals surface area contributed by atoms with Gasteiger partial charge in [-0.05, 0) is 36.4 Å². The Morgan fingerprint density at radius 2 is 1.90 bits per heavy atom. The van der Waals surface area contributed by atoms with Gasteiger partial charge in [-0.2, -0.15) is 0 Å². The highest BCUT2D eigenvalue weighted by atomic mass is 35.5. The van der Waals surface area contributed by atoms with E-state index in [9.17, 15) is 4.79 Å². The molecule has 0 atom stereocenters. The van der Waals surface area contributed by atoms with Crippen LogP contribution in [-0.4, -0.2) is 20.1 Å². The Bertz CT molecular complexity index is 627. The number of methoxy groups -OCH3 is 1. The maximum Gasteiger partial charge on any atom is 0.251 e. The topological polar surface area (TPSA) is 50.4 Å². The Morgan fingerprint density at radius 1 is 1.19 bits per heavy atom. The number of hydrogen-bond donors (Lipinski definition) is 2. The summed E-state index contributed by atoms with van der Waals surface area (Å²) < 4.78 is 5.30. The van der Waals surface area contributed by atoms with Crippen LogP contribution in [0.3, 0.4) is 0 Å². The molecule has 21 heavy (non-hydrogen) atoms. The Morgan fingerprint density at radius 3 is 2.52 bits per heavy atom. The average molecular weight is 305 g/mol. The maximum absolute atomic E-state index is 11.5. The summed E-state index contributed by atoms with van der Waals surface area (Å²) in [5.41, 5.74) is 2.43. The van der Waals surface area contributed by atoms with E-state index in [0.29, 0.717) is 17.1 Å². The molecule has 2 rings (SSSR count). The molecule has 0 fully saturated rings. The smallest absolute Gasteiger partial charge is 0.251 e. The van der Waals surface area contributed by atoms with E-state index in [2.05, 4.69) is 10.6 Å². The molecule has 0 saturated carbocycles. The van der Waals surface area contributed by atoms with Crippen molar-refractivity contribution < 1.29 is 9.53 Å². The second-order valence-corrected chi connectivity index (χ2v) is 4.84. The number of amides is 1. The van der Waals surface area contributed by atoms with Gasteiger partial charge in [0, 0.05) is 35.4 Å². The monoisotopic (exact) mass is 304 g/mol. The number of halogens is 1. The molecule has 0 unspecified atom stereocenters. The summed E-state index contributed by atoms with van der Waals surface area (Å²) in [5.74, 6) is 0.645. The van der Waals surface area contributed by atoms with Crippen molar-refractivity contribution in [1.29, 1.82) is 0 Å². The van der Waals surface area contributed by atoms with Gasteiger partial charge in [0.2, 0.25) is 0 Å². The molecule has 0 spiro atoms. The van der Waals surface area contributed by atoms with Crippen molar-refractivity contribution in [2.75, 3.05) is 19.5 Å². The number of nitrogens with one attached hydrogen (secondary N) is 2. The van der Waals surface area contributed by atoms with Gasteiger partial charge in [0.25, 0.3) is 5.91 Å². The predicted octanol–water partition coefficient (Wildman–Crippen LogP) is 3.32. The van der Waals surface area contributed by atoms with E-state index >= 15 is 0 Å². The first-order valence-electron chi connectivity index (χ1n) is 6.53. The minimum atomic E-state index is -0.102. The minimum absolute atomic E-state index is 0.102. The van der Waals surface area contributed by atoms with Gasteiger partial charge in [0.05, 0.1) is 7.11 Å². The normalized spacial score (nSPS) is 10.0. The molecule has 2 aromatic carbocycles. The van der Waals surface area contributed by atoms with Gasteiger partial charge in [-0.25, -0.2) is 0 Å². The fourth-order valence-electron chi connectivity index (χ4n) is 1.98. The zero-order valence-corrected chi connectivity index (χ0v) is 12.7. The van der Waals surface area contributed by atoms with Crippen molar-refractivity contribution in [2.24, 2.45) is 0 Å². The third-order valence-electron chi connectivity index (χ3n) is 3.14. The molecule has 0 heterocycles. The van der Waals surface area contributed by atoms with Crippen molar-refractivity contribution in [3.8, 4) is 5.75 Å². The zero-order chi connectivity index (χ0) is 15.2. The molecule has 2 N–H and O–H groups in total. The number of hydrogen-bond acceptors (Lipinski definition) is 3. The fraction of sp³-hybridized carbons (Fsp3) is 0.188. The number of carbonyl (C=O) groups excluding carboxylic acids is 1. The molecule has 0 radical (unpaired) electrons. The van der Waals surface area contributed by atoms with Crippen LogP contribution in [0, 0.1) is 0 Å². The van der Waals surface area contributed by atoms with Gasteiger partial charge in [-0.1, -0.05) is 17.7 Å². The van der Waals surface area contributed by atoms with E-state index in [1.165, 1.54) is 0 Å². The molecule has 4 nitrogen and oxygen atoms in total. The number of ether oxygens (including phenoxy) is 1. The Hall–Kier alpha value is -2.20. The lowest BCUT2D eigenvalue weighted by atomic mass is 10.1. The van der Waals surface area contributed by atoms with Crippen LogP contribution in [0.25, 0.3) is 0 Å².